The molecule has 0 aliphatic heterocycles. The molecule has 0 spiro atoms. The molecule has 0 saturated heterocycles. The van der Waals surface area contributed by atoms with Crippen LogP contribution in [0.25, 0.3) is 0 Å². The molecular formula is C27H46O2. The first-order valence-electron chi connectivity index (χ1n) is 12.7. The third-order valence-electron chi connectivity index (χ3n) is 10.3. The minimum Gasteiger partial charge on any atom is -0.393 e. The van der Waals surface area contributed by atoms with E-state index in [9.17, 15) is 10.2 Å². The molecule has 2 N–H and O–H groups in total. The normalized spacial score (nSPS) is 47.9. The van der Waals surface area contributed by atoms with E-state index in [4.69, 9.17) is 0 Å². The zero-order chi connectivity index (χ0) is 21.0. The number of allylic oxidation sites excluding steroid dienone is 1. The molecule has 4 rings (SSSR count). The summed E-state index contributed by atoms with van der Waals surface area (Å²) >= 11 is 0. The fourth-order valence-corrected chi connectivity index (χ4v) is 8.69. The molecular weight excluding hydrogens is 356 g/mol. The second-order valence-corrected chi connectivity index (χ2v) is 12.3. The maximum Gasteiger partial charge on any atom is 0.0579 e. The number of hydrogen-bond acceptors (Lipinski definition) is 2. The lowest BCUT2D eigenvalue weighted by atomic mass is 9.46. The van der Waals surface area contributed by atoms with Crippen LogP contribution in [0.1, 0.15) is 98.8 Å². The third-order valence-corrected chi connectivity index (χ3v) is 10.3. The summed E-state index contributed by atoms with van der Waals surface area (Å²) in [7, 11) is 0. The summed E-state index contributed by atoms with van der Waals surface area (Å²) in [5, 5.41) is 21.5. The van der Waals surface area contributed by atoms with Gasteiger partial charge in [-0.15, -0.1) is 0 Å². The van der Waals surface area contributed by atoms with Crippen LogP contribution in [-0.4, -0.2) is 22.4 Å². The van der Waals surface area contributed by atoms with E-state index in [1.54, 1.807) is 0 Å². The van der Waals surface area contributed by atoms with Crippen molar-refractivity contribution in [2.24, 2.45) is 46.3 Å². The molecule has 9 atom stereocenters. The van der Waals surface area contributed by atoms with Crippen LogP contribution in [0.4, 0.5) is 0 Å². The van der Waals surface area contributed by atoms with E-state index in [-0.39, 0.29) is 17.6 Å². The summed E-state index contributed by atoms with van der Waals surface area (Å²) in [6.45, 7) is 12.2. The molecule has 29 heavy (non-hydrogen) atoms. The fraction of sp³-hybridized carbons (Fsp3) is 0.926. The van der Waals surface area contributed by atoms with Crippen molar-refractivity contribution in [2.75, 3.05) is 0 Å². The molecule has 3 saturated carbocycles. The van der Waals surface area contributed by atoms with Gasteiger partial charge in [0.05, 0.1) is 12.2 Å². The minimum atomic E-state index is -0.132. The van der Waals surface area contributed by atoms with Gasteiger partial charge in [-0.3, -0.25) is 0 Å². The predicted octanol–water partition coefficient (Wildman–Crippen LogP) is 6.36. The Morgan fingerprint density at radius 1 is 1.07 bits per heavy atom. The second-order valence-electron chi connectivity index (χ2n) is 12.3. The average molecular weight is 403 g/mol. The third kappa shape index (κ3) is 3.65. The summed E-state index contributed by atoms with van der Waals surface area (Å²) in [4.78, 5) is 0. The molecule has 0 aromatic rings. The first kappa shape index (κ1) is 21.9. The molecule has 4 aliphatic rings. The van der Waals surface area contributed by atoms with E-state index in [1.807, 2.05) is 0 Å². The van der Waals surface area contributed by atoms with Gasteiger partial charge in [-0.1, -0.05) is 65.5 Å². The zero-order valence-electron chi connectivity index (χ0n) is 19.7. The number of aliphatic hydroxyl groups excluding tert-OH is 2. The quantitative estimate of drug-likeness (QED) is 0.525. The van der Waals surface area contributed by atoms with E-state index < -0.39 is 0 Å². The molecule has 166 valence electrons. The number of hydrogen-bond donors (Lipinski definition) is 2. The highest BCUT2D eigenvalue weighted by Crippen LogP contribution is 2.67. The molecule has 0 heterocycles. The summed E-state index contributed by atoms with van der Waals surface area (Å²) in [6.07, 6.45) is 14.0. The summed E-state index contributed by atoms with van der Waals surface area (Å²) in [5.74, 6) is 4.03. The van der Waals surface area contributed by atoms with Crippen LogP contribution in [0.15, 0.2) is 11.6 Å². The highest BCUT2D eigenvalue weighted by molar-refractivity contribution is 5.26. The molecule has 2 heteroatoms. The molecule has 0 radical (unpaired) electrons. The molecule has 0 unspecified atom stereocenters. The van der Waals surface area contributed by atoms with Gasteiger partial charge in [0.2, 0.25) is 0 Å². The van der Waals surface area contributed by atoms with Crippen molar-refractivity contribution in [3.63, 3.8) is 0 Å². The van der Waals surface area contributed by atoms with Crippen molar-refractivity contribution in [2.45, 2.75) is 111 Å². The SMILES string of the molecule is CC(C)CCC[C@@H](C)[C@H]1C[C@@H](O)[C@H]2[C@@H]3CC=C4C[C@H](O)CC[C@]4(C)[C@H]3CC[C@@]21C. The van der Waals surface area contributed by atoms with Crippen molar-refractivity contribution < 1.29 is 10.2 Å². The lowest BCUT2D eigenvalue weighted by Gasteiger charge is -2.58. The van der Waals surface area contributed by atoms with E-state index >= 15 is 0 Å². The Morgan fingerprint density at radius 2 is 1.83 bits per heavy atom. The van der Waals surface area contributed by atoms with Gasteiger partial charge < -0.3 is 10.2 Å². The Labute approximate surface area is 179 Å². The van der Waals surface area contributed by atoms with Crippen molar-refractivity contribution >= 4 is 0 Å². The van der Waals surface area contributed by atoms with Crippen molar-refractivity contribution in [1.29, 1.82) is 0 Å². The minimum absolute atomic E-state index is 0.113. The van der Waals surface area contributed by atoms with Crippen molar-refractivity contribution in [3.05, 3.63) is 11.6 Å². The lowest BCUT2D eigenvalue weighted by Crippen LogP contribution is -2.52. The van der Waals surface area contributed by atoms with Crippen LogP contribution in [-0.2, 0) is 0 Å². The standard InChI is InChI=1S/C27H46O2/c1-17(2)7-6-8-18(3)23-16-24(29)25-21-10-9-19-15-20(28)11-13-26(19,4)22(21)12-14-27(23,25)5/h9,17-18,20-25,28-29H,6-8,10-16H2,1-5H3/t18-,20-,21-,22+,23-,24-,25-,26+,27-/m1/s1. The van der Waals surface area contributed by atoms with Crippen LogP contribution in [0.2, 0.25) is 0 Å². The summed E-state index contributed by atoms with van der Waals surface area (Å²) in [5.41, 5.74) is 2.12. The lowest BCUT2D eigenvalue weighted by molar-refractivity contribution is -0.0816. The Bertz CT molecular complexity index is 624. The topological polar surface area (TPSA) is 40.5 Å². The number of fused-ring (bicyclic) bond motifs is 5. The maximum atomic E-state index is 11.3. The molecule has 0 aromatic heterocycles. The van der Waals surface area contributed by atoms with Crippen LogP contribution >= 0.6 is 0 Å². The Morgan fingerprint density at radius 3 is 2.55 bits per heavy atom. The van der Waals surface area contributed by atoms with E-state index in [0.29, 0.717) is 29.1 Å². The molecule has 0 amide bonds. The highest BCUT2D eigenvalue weighted by Gasteiger charge is 2.61. The van der Waals surface area contributed by atoms with Crippen molar-refractivity contribution in [1.82, 2.24) is 0 Å². The van der Waals surface area contributed by atoms with Crippen LogP contribution in [0, 0.1) is 46.3 Å². The van der Waals surface area contributed by atoms with E-state index in [1.165, 1.54) is 37.7 Å². The van der Waals surface area contributed by atoms with Gasteiger partial charge >= 0.3 is 0 Å². The fourth-order valence-electron chi connectivity index (χ4n) is 8.69. The van der Waals surface area contributed by atoms with Gasteiger partial charge in [0.1, 0.15) is 0 Å². The first-order chi connectivity index (χ1) is 13.7. The van der Waals surface area contributed by atoms with Crippen LogP contribution < -0.4 is 0 Å². The van der Waals surface area contributed by atoms with Crippen LogP contribution in [0.3, 0.4) is 0 Å². The van der Waals surface area contributed by atoms with E-state index in [2.05, 4.69) is 40.7 Å². The van der Waals surface area contributed by atoms with Gasteiger partial charge in [0.15, 0.2) is 0 Å². The van der Waals surface area contributed by atoms with Gasteiger partial charge in [0.25, 0.3) is 0 Å². The van der Waals surface area contributed by atoms with Crippen LogP contribution in [0.5, 0.6) is 0 Å². The molecule has 2 nitrogen and oxygen atoms in total. The Kier molecular flexibility index (Phi) is 6.01. The molecule has 0 bridgehead atoms. The van der Waals surface area contributed by atoms with Gasteiger partial charge in [-0.2, -0.15) is 0 Å². The monoisotopic (exact) mass is 402 g/mol. The maximum absolute atomic E-state index is 11.3. The number of aliphatic hydroxyl groups is 2. The Hall–Kier alpha value is -0.340. The molecule has 3 fully saturated rings. The second kappa shape index (κ2) is 7.97. The summed E-state index contributed by atoms with van der Waals surface area (Å²) in [6, 6.07) is 0. The smallest absolute Gasteiger partial charge is 0.0579 e. The zero-order valence-corrected chi connectivity index (χ0v) is 19.7. The highest BCUT2D eigenvalue weighted by atomic mass is 16.3. The first-order valence-corrected chi connectivity index (χ1v) is 12.7. The van der Waals surface area contributed by atoms with Crippen molar-refractivity contribution in [3.8, 4) is 0 Å². The summed E-state index contributed by atoms with van der Waals surface area (Å²) < 4.78 is 0. The molecule has 4 aliphatic carbocycles. The van der Waals surface area contributed by atoms with Gasteiger partial charge in [-0.05, 0) is 91.3 Å². The average Bonchev–Trinajstić information content (AvgIpc) is 2.93. The predicted molar refractivity (Wildman–Crippen MR) is 120 cm³/mol. The van der Waals surface area contributed by atoms with Gasteiger partial charge in [0, 0.05) is 0 Å². The van der Waals surface area contributed by atoms with E-state index in [0.717, 1.165) is 43.9 Å². The van der Waals surface area contributed by atoms with Gasteiger partial charge in [-0.25, -0.2) is 0 Å². The largest absolute Gasteiger partial charge is 0.393 e. The molecule has 0 aromatic carbocycles. The Balaban J connectivity index is 1.54. The number of rotatable bonds is 5.